The zero-order chi connectivity index (χ0) is 18.9. The fourth-order valence-electron chi connectivity index (χ4n) is 4.33. The number of ketones is 1. The molecule has 6 heteroatoms. The second-order valence-corrected chi connectivity index (χ2v) is 7.09. The van der Waals surface area contributed by atoms with Gasteiger partial charge in [0, 0.05) is 17.8 Å². The molecule has 1 aliphatic heterocycles. The Morgan fingerprint density at radius 1 is 1.35 bits per heavy atom. The molecule has 138 valence electrons. The summed E-state index contributed by atoms with van der Waals surface area (Å²) in [7, 11) is 1.28. The van der Waals surface area contributed by atoms with Crippen LogP contribution in [0.15, 0.2) is 43.0 Å². The molecule has 1 aliphatic carbocycles. The Labute approximate surface area is 152 Å². The van der Waals surface area contributed by atoms with Crippen LogP contribution in [0.2, 0.25) is 0 Å². The molecule has 6 nitrogen and oxygen atoms in total. The number of Topliss-reactive ketones (excluding diaryl/α,β-unsaturated/α-hetero) is 1. The van der Waals surface area contributed by atoms with Crippen LogP contribution in [0.5, 0.6) is 0 Å². The maximum atomic E-state index is 12.8. The van der Waals surface area contributed by atoms with Crippen molar-refractivity contribution in [3.63, 3.8) is 0 Å². The highest BCUT2D eigenvalue weighted by molar-refractivity contribution is 5.95. The molecule has 0 spiro atoms. The summed E-state index contributed by atoms with van der Waals surface area (Å²) in [6.45, 7) is 5.69. The standard InChI is InChI=1S/C20H23NO5/c1-4-10-20(2)16-14(11-15(16)22)21(17(20)18(23)25-3)19(24)26-12-13-8-6-5-7-9-13/h4-9,14,16-17H,1,10-12H2,2-3H3/t14-,16?,17?,20?/m1/s1. The van der Waals surface area contributed by atoms with Gasteiger partial charge in [-0.2, -0.15) is 0 Å². The highest BCUT2D eigenvalue weighted by atomic mass is 16.6. The zero-order valence-corrected chi connectivity index (χ0v) is 15.0. The molecule has 1 saturated heterocycles. The van der Waals surface area contributed by atoms with Gasteiger partial charge in [-0.15, -0.1) is 6.58 Å². The van der Waals surface area contributed by atoms with Crippen LogP contribution in [0.3, 0.4) is 0 Å². The van der Waals surface area contributed by atoms with Crippen molar-refractivity contribution in [1.29, 1.82) is 0 Å². The zero-order valence-electron chi connectivity index (χ0n) is 15.0. The van der Waals surface area contributed by atoms with Crippen LogP contribution in [0.25, 0.3) is 0 Å². The van der Waals surface area contributed by atoms with Gasteiger partial charge >= 0.3 is 12.1 Å². The fourth-order valence-corrected chi connectivity index (χ4v) is 4.33. The SMILES string of the molecule is C=CCC1(C)C2C(=O)C[C@H]2N(C(=O)OCc2ccccc2)C1C(=O)OC. The van der Waals surface area contributed by atoms with E-state index in [1.165, 1.54) is 12.0 Å². The van der Waals surface area contributed by atoms with Crippen molar-refractivity contribution >= 4 is 17.8 Å². The van der Waals surface area contributed by atoms with E-state index in [1.807, 2.05) is 37.3 Å². The van der Waals surface area contributed by atoms with Crippen LogP contribution >= 0.6 is 0 Å². The van der Waals surface area contributed by atoms with Gasteiger partial charge in [-0.05, 0) is 12.0 Å². The first kappa shape index (κ1) is 18.2. The second-order valence-electron chi connectivity index (χ2n) is 7.09. The summed E-state index contributed by atoms with van der Waals surface area (Å²) in [6, 6.07) is 8.11. The van der Waals surface area contributed by atoms with Crippen molar-refractivity contribution in [1.82, 2.24) is 4.90 Å². The fraction of sp³-hybridized carbons (Fsp3) is 0.450. The predicted octanol–water partition coefficient (Wildman–Crippen LogP) is 2.72. The van der Waals surface area contributed by atoms with E-state index in [9.17, 15) is 14.4 Å². The molecule has 3 rings (SSSR count). The van der Waals surface area contributed by atoms with E-state index in [1.54, 1.807) is 6.08 Å². The smallest absolute Gasteiger partial charge is 0.411 e. The van der Waals surface area contributed by atoms with E-state index in [-0.39, 0.29) is 24.9 Å². The van der Waals surface area contributed by atoms with Gasteiger partial charge in [-0.1, -0.05) is 43.3 Å². The molecule has 26 heavy (non-hydrogen) atoms. The largest absolute Gasteiger partial charge is 0.467 e. The van der Waals surface area contributed by atoms with Crippen molar-refractivity contribution in [2.45, 2.75) is 38.5 Å². The minimum Gasteiger partial charge on any atom is -0.467 e. The molecule has 0 aromatic heterocycles. The van der Waals surface area contributed by atoms with Crippen molar-refractivity contribution in [2.75, 3.05) is 7.11 Å². The number of allylic oxidation sites excluding steroid dienone is 1. The van der Waals surface area contributed by atoms with Crippen LogP contribution in [0.1, 0.15) is 25.3 Å². The third kappa shape index (κ3) is 2.79. The van der Waals surface area contributed by atoms with Crippen LogP contribution in [0.4, 0.5) is 4.79 Å². The van der Waals surface area contributed by atoms with Gasteiger partial charge < -0.3 is 9.47 Å². The lowest BCUT2D eigenvalue weighted by molar-refractivity contribution is -0.149. The normalized spacial score (nSPS) is 29.5. The van der Waals surface area contributed by atoms with Gasteiger partial charge in [0.1, 0.15) is 18.4 Å². The van der Waals surface area contributed by atoms with Gasteiger partial charge in [-0.25, -0.2) is 9.59 Å². The van der Waals surface area contributed by atoms with Gasteiger partial charge in [0.25, 0.3) is 0 Å². The molecule has 3 unspecified atom stereocenters. The number of fused-ring (bicyclic) bond motifs is 1. The van der Waals surface area contributed by atoms with E-state index < -0.39 is 29.4 Å². The van der Waals surface area contributed by atoms with E-state index in [0.29, 0.717) is 6.42 Å². The Hall–Kier alpha value is -2.63. The number of amides is 1. The number of carbonyl (C=O) groups excluding carboxylic acids is 3. The topological polar surface area (TPSA) is 72.9 Å². The summed E-state index contributed by atoms with van der Waals surface area (Å²) in [4.78, 5) is 38.9. The minimum absolute atomic E-state index is 0.0617. The van der Waals surface area contributed by atoms with E-state index in [2.05, 4.69) is 6.58 Å². The van der Waals surface area contributed by atoms with E-state index in [4.69, 9.17) is 9.47 Å². The highest BCUT2D eigenvalue weighted by Crippen LogP contribution is 2.55. The minimum atomic E-state index is -0.866. The number of esters is 1. The summed E-state index contributed by atoms with van der Waals surface area (Å²) < 4.78 is 10.4. The molecular formula is C20H23NO5. The summed E-state index contributed by atoms with van der Waals surface area (Å²) in [5.41, 5.74) is 0.116. The molecule has 1 aromatic carbocycles. The first-order chi connectivity index (χ1) is 12.4. The number of benzene rings is 1. The number of rotatable bonds is 5. The third-order valence-corrected chi connectivity index (χ3v) is 5.54. The van der Waals surface area contributed by atoms with Crippen molar-refractivity contribution in [3.05, 3.63) is 48.6 Å². The maximum Gasteiger partial charge on any atom is 0.411 e. The second kappa shape index (κ2) is 6.94. The lowest BCUT2D eigenvalue weighted by Gasteiger charge is -2.38. The lowest BCUT2D eigenvalue weighted by atomic mass is 9.62. The number of ether oxygens (including phenoxy) is 2. The molecule has 1 heterocycles. The molecule has 4 atom stereocenters. The van der Waals surface area contributed by atoms with Crippen LogP contribution in [-0.2, 0) is 25.7 Å². The number of likely N-dealkylation sites (tertiary alicyclic amines) is 1. The first-order valence-electron chi connectivity index (χ1n) is 8.64. The number of nitrogens with zero attached hydrogens (tertiary/aromatic N) is 1. The maximum absolute atomic E-state index is 12.8. The van der Waals surface area contributed by atoms with Crippen molar-refractivity contribution in [3.8, 4) is 0 Å². The quantitative estimate of drug-likeness (QED) is 0.598. The van der Waals surface area contributed by atoms with E-state index in [0.717, 1.165) is 5.56 Å². The molecular weight excluding hydrogens is 334 g/mol. The molecule has 0 bridgehead atoms. The van der Waals surface area contributed by atoms with Gasteiger partial charge in [0.15, 0.2) is 0 Å². The molecule has 1 aromatic rings. The molecule has 1 amide bonds. The molecule has 0 N–H and O–H groups in total. The lowest BCUT2D eigenvalue weighted by Crippen LogP contribution is -2.51. The molecule has 2 aliphatic rings. The van der Waals surface area contributed by atoms with Gasteiger partial charge in [-0.3, -0.25) is 9.69 Å². The van der Waals surface area contributed by atoms with Crippen LogP contribution in [-0.4, -0.2) is 41.9 Å². The average Bonchev–Trinajstić information content (AvgIpc) is 2.83. The number of hydrogen-bond acceptors (Lipinski definition) is 5. The Balaban J connectivity index is 1.86. The Morgan fingerprint density at radius 3 is 2.62 bits per heavy atom. The molecule has 0 radical (unpaired) electrons. The molecule has 2 fully saturated rings. The molecule has 1 saturated carbocycles. The number of hydrogen-bond donors (Lipinski definition) is 0. The monoisotopic (exact) mass is 357 g/mol. The van der Waals surface area contributed by atoms with E-state index >= 15 is 0 Å². The first-order valence-corrected chi connectivity index (χ1v) is 8.64. The third-order valence-electron chi connectivity index (χ3n) is 5.54. The van der Waals surface area contributed by atoms with Crippen LogP contribution in [0, 0.1) is 11.3 Å². The Morgan fingerprint density at radius 2 is 2.04 bits per heavy atom. The number of carbonyl (C=O) groups is 3. The van der Waals surface area contributed by atoms with Crippen molar-refractivity contribution in [2.24, 2.45) is 11.3 Å². The van der Waals surface area contributed by atoms with Gasteiger partial charge in [0.05, 0.1) is 13.2 Å². The average molecular weight is 357 g/mol. The Kier molecular flexibility index (Phi) is 4.85. The summed E-state index contributed by atoms with van der Waals surface area (Å²) in [5, 5.41) is 0. The summed E-state index contributed by atoms with van der Waals surface area (Å²) in [5.74, 6) is -0.867. The summed E-state index contributed by atoms with van der Waals surface area (Å²) in [6.07, 6.45) is 1.75. The highest BCUT2D eigenvalue weighted by Gasteiger charge is 2.68. The van der Waals surface area contributed by atoms with Crippen LogP contribution < -0.4 is 0 Å². The summed E-state index contributed by atoms with van der Waals surface area (Å²) >= 11 is 0. The van der Waals surface area contributed by atoms with Gasteiger partial charge in [0.2, 0.25) is 0 Å². The van der Waals surface area contributed by atoms with Crippen molar-refractivity contribution < 1.29 is 23.9 Å². The number of methoxy groups -OCH3 is 1. The predicted molar refractivity (Wildman–Crippen MR) is 94.1 cm³/mol. The Bertz CT molecular complexity index is 731.